The second kappa shape index (κ2) is 6.89. The lowest BCUT2D eigenvalue weighted by Crippen LogP contribution is -2.49. The van der Waals surface area contributed by atoms with Crippen LogP contribution in [0.3, 0.4) is 0 Å². The van der Waals surface area contributed by atoms with Crippen molar-refractivity contribution in [3.05, 3.63) is 16.1 Å². The molecule has 1 unspecified atom stereocenters. The van der Waals surface area contributed by atoms with Crippen molar-refractivity contribution in [1.82, 2.24) is 14.8 Å². The van der Waals surface area contributed by atoms with Gasteiger partial charge < -0.3 is 14.9 Å². The number of piperidine rings is 1. The molecule has 0 radical (unpaired) electrons. The second-order valence-corrected chi connectivity index (χ2v) is 6.38. The van der Waals surface area contributed by atoms with Crippen LogP contribution >= 0.6 is 11.3 Å². The third kappa shape index (κ3) is 3.93. The number of thiazole rings is 1. The van der Waals surface area contributed by atoms with Gasteiger partial charge in [0, 0.05) is 24.5 Å². The molecule has 2 amide bonds. The molecule has 116 valence electrons. The first kappa shape index (κ1) is 15.8. The van der Waals surface area contributed by atoms with Gasteiger partial charge in [-0.1, -0.05) is 0 Å². The lowest BCUT2D eigenvalue weighted by Gasteiger charge is -2.37. The standard InChI is InChI=1S/C14H21N3O3S/c1-10-12(21-9-15-10)8-16(2)14(20)17-6-4-3-5-11(17)7-13(18)19/h9,11H,3-8H2,1-2H3,(H,18,19). The summed E-state index contributed by atoms with van der Waals surface area (Å²) in [5, 5.41) is 8.99. The first-order valence-electron chi connectivity index (χ1n) is 7.11. The minimum atomic E-state index is -0.847. The Hall–Kier alpha value is -1.63. The summed E-state index contributed by atoms with van der Waals surface area (Å²) in [7, 11) is 1.76. The number of hydrogen-bond donors (Lipinski definition) is 1. The molecule has 1 aliphatic heterocycles. The van der Waals surface area contributed by atoms with Gasteiger partial charge in [0.2, 0.25) is 0 Å². The Balaban J connectivity index is 2.02. The number of aromatic nitrogens is 1. The summed E-state index contributed by atoms with van der Waals surface area (Å²) in [6, 6.07) is -0.275. The Bertz CT molecular complexity index is 517. The molecular formula is C14H21N3O3S. The Morgan fingerprint density at radius 2 is 2.29 bits per heavy atom. The molecule has 1 N–H and O–H groups in total. The summed E-state index contributed by atoms with van der Waals surface area (Å²) < 4.78 is 0. The maximum absolute atomic E-state index is 12.6. The summed E-state index contributed by atoms with van der Waals surface area (Å²) in [6.45, 7) is 3.09. The third-order valence-corrected chi connectivity index (χ3v) is 4.76. The van der Waals surface area contributed by atoms with Crippen molar-refractivity contribution in [1.29, 1.82) is 0 Å². The first-order valence-corrected chi connectivity index (χ1v) is 7.99. The molecule has 0 bridgehead atoms. The summed E-state index contributed by atoms with van der Waals surface area (Å²) in [5.74, 6) is -0.847. The van der Waals surface area contributed by atoms with Crippen molar-refractivity contribution in [3.63, 3.8) is 0 Å². The molecule has 0 aromatic carbocycles. The van der Waals surface area contributed by atoms with Crippen LogP contribution in [0.15, 0.2) is 5.51 Å². The van der Waals surface area contributed by atoms with Crippen molar-refractivity contribution in [2.45, 2.75) is 45.2 Å². The van der Waals surface area contributed by atoms with Crippen LogP contribution in [0.25, 0.3) is 0 Å². The van der Waals surface area contributed by atoms with Crippen LogP contribution in [-0.2, 0) is 11.3 Å². The SMILES string of the molecule is Cc1ncsc1CN(C)C(=O)N1CCCCC1CC(=O)O. The number of carbonyl (C=O) groups excluding carboxylic acids is 1. The minimum absolute atomic E-state index is 0.0269. The maximum Gasteiger partial charge on any atom is 0.320 e. The van der Waals surface area contributed by atoms with Crippen LogP contribution in [-0.4, -0.2) is 51.5 Å². The van der Waals surface area contributed by atoms with E-state index in [-0.39, 0.29) is 18.5 Å². The van der Waals surface area contributed by atoms with Crippen molar-refractivity contribution in [2.75, 3.05) is 13.6 Å². The quantitative estimate of drug-likeness (QED) is 0.926. The van der Waals surface area contributed by atoms with Gasteiger partial charge in [0.15, 0.2) is 0 Å². The molecule has 1 aliphatic rings. The van der Waals surface area contributed by atoms with E-state index in [0.29, 0.717) is 13.1 Å². The molecule has 2 rings (SSSR count). The van der Waals surface area contributed by atoms with Gasteiger partial charge in [-0.05, 0) is 26.2 Å². The van der Waals surface area contributed by atoms with E-state index in [4.69, 9.17) is 5.11 Å². The smallest absolute Gasteiger partial charge is 0.320 e. The highest BCUT2D eigenvalue weighted by molar-refractivity contribution is 7.09. The van der Waals surface area contributed by atoms with E-state index in [0.717, 1.165) is 29.8 Å². The highest BCUT2D eigenvalue weighted by Gasteiger charge is 2.30. The molecule has 1 aromatic rings. The number of urea groups is 1. The fourth-order valence-electron chi connectivity index (χ4n) is 2.65. The maximum atomic E-state index is 12.6. The van der Waals surface area contributed by atoms with Crippen molar-refractivity contribution >= 4 is 23.3 Å². The lowest BCUT2D eigenvalue weighted by atomic mass is 10.00. The predicted molar refractivity (Wildman–Crippen MR) is 80.3 cm³/mol. The van der Waals surface area contributed by atoms with Crippen LogP contribution in [0, 0.1) is 6.92 Å². The van der Waals surface area contributed by atoms with Gasteiger partial charge >= 0.3 is 12.0 Å². The highest BCUT2D eigenvalue weighted by atomic mass is 32.1. The van der Waals surface area contributed by atoms with Gasteiger partial charge in [-0.2, -0.15) is 0 Å². The van der Waals surface area contributed by atoms with Gasteiger partial charge in [-0.15, -0.1) is 11.3 Å². The molecule has 1 aromatic heterocycles. The number of amides is 2. The Morgan fingerprint density at radius 1 is 1.52 bits per heavy atom. The average Bonchev–Trinajstić information content (AvgIpc) is 2.83. The second-order valence-electron chi connectivity index (χ2n) is 5.44. The van der Waals surface area contributed by atoms with Gasteiger partial charge in [0.1, 0.15) is 0 Å². The molecule has 1 atom stereocenters. The first-order chi connectivity index (χ1) is 9.99. The monoisotopic (exact) mass is 311 g/mol. The van der Waals surface area contributed by atoms with E-state index in [9.17, 15) is 9.59 Å². The summed E-state index contributed by atoms with van der Waals surface area (Å²) in [5.41, 5.74) is 2.72. The van der Waals surface area contributed by atoms with E-state index in [2.05, 4.69) is 4.98 Å². The van der Waals surface area contributed by atoms with Crippen molar-refractivity contribution in [2.24, 2.45) is 0 Å². The number of rotatable bonds is 4. The number of carboxylic acid groups (broad SMARTS) is 1. The third-order valence-electron chi connectivity index (χ3n) is 3.84. The summed E-state index contributed by atoms with van der Waals surface area (Å²) >= 11 is 1.54. The van der Waals surface area contributed by atoms with Gasteiger partial charge in [-0.25, -0.2) is 9.78 Å². The molecule has 1 fully saturated rings. The summed E-state index contributed by atoms with van der Waals surface area (Å²) in [6.07, 6.45) is 2.72. The minimum Gasteiger partial charge on any atom is -0.481 e. The predicted octanol–water partition coefficient (Wildman–Crippen LogP) is 2.33. The van der Waals surface area contributed by atoms with E-state index < -0.39 is 5.97 Å². The molecule has 0 saturated carbocycles. The molecular weight excluding hydrogens is 290 g/mol. The highest BCUT2D eigenvalue weighted by Crippen LogP contribution is 2.22. The fourth-order valence-corrected chi connectivity index (χ4v) is 3.48. The number of nitrogens with zero attached hydrogens (tertiary/aromatic N) is 3. The molecule has 0 aliphatic carbocycles. The topological polar surface area (TPSA) is 73.7 Å². The number of hydrogen-bond acceptors (Lipinski definition) is 4. The zero-order chi connectivity index (χ0) is 15.4. The zero-order valence-electron chi connectivity index (χ0n) is 12.4. The van der Waals surface area contributed by atoms with Crippen LogP contribution < -0.4 is 0 Å². The average molecular weight is 311 g/mol. The number of aliphatic carboxylic acids is 1. The molecule has 7 heteroatoms. The number of aryl methyl sites for hydroxylation is 1. The number of carboxylic acids is 1. The van der Waals surface area contributed by atoms with Crippen molar-refractivity contribution < 1.29 is 14.7 Å². The largest absolute Gasteiger partial charge is 0.481 e. The van der Waals surface area contributed by atoms with Gasteiger partial charge in [0.05, 0.1) is 24.2 Å². The van der Waals surface area contributed by atoms with E-state index in [1.165, 1.54) is 11.3 Å². The lowest BCUT2D eigenvalue weighted by molar-refractivity contribution is -0.138. The molecule has 1 saturated heterocycles. The Labute approximate surface area is 128 Å². The van der Waals surface area contributed by atoms with Crippen LogP contribution in [0.4, 0.5) is 4.79 Å². The van der Waals surface area contributed by atoms with E-state index in [1.54, 1.807) is 22.4 Å². The van der Waals surface area contributed by atoms with Crippen LogP contribution in [0.1, 0.15) is 36.3 Å². The van der Waals surface area contributed by atoms with Crippen LogP contribution in [0.2, 0.25) is 0 Å². The molecule has 6 nitrogen and oxygen atoms in total. The fraction of sp³-hybridized carbons (Fsp3) is 0.643. The molecule has 0 spiro atoms. The molecule has 2 heterocycles. The zero-order valence-corrected chi connectivity index (χ0v) is 13.2. The number of carbonyl (C=O) groups is 2. The van der Waals surface area contributed by atoms with Gasteiger partial charge in [0.25, 0.3) is 0 Å². The van der Waals surface area contributed by atoms with Crippen molar-refractivity contribution in [3.8, 4) is 0 Å². The normalized spacial score (nSPS) is 18.6. The van der Waals surface area contributed by atoms with Gasteiger partial charge in [-0.3, -0.25) is 4.79 Å². The van der Waals surface area contributed by atoms with E-state index in [1.807, 2.05) is 6.92 Å². The van der Waals surface area contributed by atoms with E-state index >= 15 is 0 Å². The summed E-state index contributed by atoms with van der Waals surface area (Å²) in [4.78, 5) is 32.1. The Morgan fingerprint density at radius 3 is 2.90 bits per heavy atom. The Kier molecular flexibility index (Phi) is 5.17. The molecule has 21 heavy (non-hydrogen) atoms. The van der Waals surface area contributed by atoms with Crippen LogP contribution in [0.5, 0.6) is 0 Å². The number of likely N-dealkylation sites (tertiary alicyclic amines) is 1.